The van der Waals surface area contributed by atoms with E-state index in [9.17, 15) is 4.79 Å². The predicted molar refractivity (Wildman–Crippen MR) is 99.4 cm³/mol. The molecule has 0 saturated carbocycles. The van der Waals surface area contributed by atoms with Gasteiger partial charge >= 0.3 is 5.97 Å². The van der Waals surface area contributed by atoms with Gasteiger partial charge in [-0.2, -0.15) is 15.0 Å². The average molecular weight is 354 g/mol. The number of carbonyl (C=O) groups is 1. The van der Waals surface area contributed by atoms with E-state index in [1.54, 1.807) is 24.3 Å². The maximum Gasteiger partial charge on any atom is 0.335 e. The van der Waals surface area contributed by atoms with E-state index in [1.165, 1.54) is 0 Å². The summed E-state index contributed by atoms with van der Waals surface area (Å²) in [5, 5.41) is 12.3. The van der Waals surface area contributed by atoms with Gasteiger partial charge in [-0.05, 0) is 43.9 Å². The minimum absolute atomic E-state index is 0.226. The normalized spacial score (nSPS) is 16.9. The molecule has 1 aromatic carbocycles. The molecule has 0 spiro atoms. The second kappa shape index (κ2) is 7.15. The fourth-order valence-electron chi connectivity index (χ4n) is 3.39. The van der Waals surface area contributed by atoms with Crippen LogP contribution in [-0.4, -0.2) is 52.2 Å². The summed E-state index contributed by atoms with van der Waals surface area (Å²) in [6.07, 6.45) is 4.59. The van der Waals surface area contributed by atoms with Gasteiger partial charge in [0.15, 0.2) is 0 Å². The van der Waals surface area contributed by atoms with Crippen molar-refractivity contribution in [2.45, 2.75) is 25.7 Å². The minimum atomic E-state index is -0.959. The zero-order valence-corrected chi connectivity index (χ0v) is 14.6. The summed E-state index contributed by atoms with van der Waals surface area (Å²) < 4.78 is 0. The molecule has 26 heavy (non-hydrogen) atoms. The molecule has 4 rings (SSSR count). The van der Waals surface area contributed by atoms with Gasteiger partial charge in [-0.1, -0.05) is 6.07 Å². The number of carboxylic acids is 1. The number of benzene rings is 1. The summed E-state index contributed by atoms with van der Waals surface area (Å²) in [5.74, 6) is 0.874. The molecular formula is C18H22N6O2. The molecule has 3 heterocycles. The third-order valence-electron chi connectivity index (χ3n) is 4.76. The summed E-state index contributed by atoms with van der Waals surface area (Å²) in [7, 11) is 0. The molecule has 8 heteroatoms. The van der Waals surface area contributed by atoms with Crippen molar-refractivity contribution in [2.75, 3.05) is 41.3 Å². The Morgan fingerprint density at radius 3 is 2.04 bits per heavy atom. The molecule has 2 N–H and O–H groups in total. The van der Waals surface area contributed by atoms with Crippen molar-refractivity contribution in [1.29, 1.82) is 0 Å². The predicted octanol–water partition coefficient (Wildman–Crippen LogP) is 2.51. The van der Waals surface area contributed by atoms with Gasteiger partial charge in [0, 0.05) is 31.9 Å². The summed E-state index contributed by atoms with van der Waals surface area (Å²) in [4.78, 5) is 29.4. The Bertz CT molecular complexity index is 766. The van der Waals surface area contributed by atoms with E-state index in [4.69, 9.17) is 5.11 Å². The van der Waals surface area contributed by atoms with Crippen LogP contribution < -0.4 is 15.1 Å². The van der Waals surface area contributed by atoms with Gasteiger partial charge in [-0.25, -0.2) is 4.79 Å². The molecule has 0 amide bonds. The molecule has 0 bridgehead atoms. The van der Waals surface area contributed by atoms with Crippen molar-refractivity contribution < 1.29 is 9.90 Å². The summed E-state index contributed by atoms with van der Waals surface area (Å²) >= 11 is 0. The van der Waals surface area contributed by atoms with Gasteiger partial charge in [0.05, 0.1) is 5.56 Å². The van der Waals surface area contributed by atoms with Crippen molar-refractivity contribution in [3.8, 4) is 0 Å². The molecule has 0 aliphatic carbocycles. The third-order valence-corrected chi connectivity index (χ3v) is 4.76. The maximum absolute atomic E-state index is 11.2. The fraction of sp³-hybridized carbons (Fsp3) is 0.444. The lowest BCUT2D eigenvalue weighted by atomic mass is 10.2. The Labute approximate surface area is 151 Å². The Morgan fingerprint density at radius 1 is 0.923 bits per heavy atom. The van der Waals surface area contributed by atoms with Crippen molar-refractivity contribution in [2.24, 2.45) is 0 Å². The first-order chi connectivity index (χ1) is 12.7. The monoisotopic (exact) mass is 354 g/mol. The smallest absolute Gasteiger partial charge is 0.335 e. The van der Waals surface area contributed by atoms with E-state index >= 15 is 0 Å². The highest BCUT2D eigenvalue weighted by Crippen LogP contribution is 2.24. The van der Waals surface area contributed by atoms with E-state index in [-0.39, 0.29) is 5.56 Å². The quantitative estimate of drug-likeness (QED) is 0.846. The van der Waals surface area contributed by atoms with Crippen molar-refractivity contribution in [3.63, 3.8) is 0 Å². The highest BCUT2D eigenvalue weighted by Gasteiger charge is 2.21. The maximum atomic E-state index is 11.2. The lowest BCUT2D eigenvalue weighted by Crippen LogP contribution is -2.25. The molecular weight excluding hydrogens is 332 g/mol. The first kappa shape index (κ1) is 16.6. The average Bonchev–Trinajstić information content (AvgIpc) is 3.35. The van der Waals surface area contributed by atoms with Crippen molar-refractivity contribution in [1.82, 2.24) is 15.0 Å². The van der Waals surface area contributed by atoms with E-state index in [1.807, 2.05) is 0 Å². The van der Waals surface area contributed by atoms with Crippen LogP contribution in [0.5, 0.6) is 0 Å². The van der Waals surface area contributed by atoms with Crippen LogP contribution in [0.4, 0.5) is 23.5 Å². The standard InChI is InChI=1S/C18H22N6O2/c25-15(26)13-6-5-7-14(12-13)19-16-20-17(23-8-1-2-9-23)22-18(21-16)24-10-3-4-11-24/h5-7,12H,1-4,8-11H2,(H,25,26)(H,19,20,21,22). The van der Waals surface area contributed by atoms with E-state index in [2.05, 4.69) is 30.1 Å². The topological polar surface area (TPSA) is 94.5 Å². The first-order valence-electron chi connectivity index (χ1n) is 9.05. The second-order valence-corrected chi connectivity index (χ2v) is 6.66. The summed E-state index contributed by atoms with van der Waals surface area (Å²) in [6, 6.07) is 6.65. The number of hydrogen-bond acceptors (Lipinski definition) is 7. The van der Waals surface area contributed by atoms with Crippen LogP contribution in [0.25, 0.3) is 0 Å². The Kier molecular flexibility index (Phi) is 4.55. The van der Waals surface area contributed by atoms with Gasteiger partial charge < -0.3 is 20.2 Å². The van der Waals surface area contributed by atoms with Crippen LogP contribution in [0, 0.1) is 0 Å². The first-order valence-corrected chi connectivity index (χ1v) is 9.05. The molecule has 0 radical (unpaired) electrons. The van der Waals surface area contributed by atoms with Gasteiger partial charge in [0.25, 0.3) is 0 Å². The SMILES string of the molecule is O=C(O)c1cccc(Nc2nc(N3CCCC3)nc(N3CCCC3)n2)c1. The molecule has 136 valence electrons. The van der Waals surface area contributed by atoms with Crippen LogP contribution in [-0.2, 0) is 0 Å². The molecule has 2 saturated heterocycles. The molecule has 2 aliphatic heterocycles. The van der Waals surface area contributed by atoms with Gasteiger partial charge in [-0.15, -0.1) is 0 Å². The number of anilines is 4. The number of nitrogens with zero attached hydrogens (tertiary/aromatic N) is 5. The Hall–Kier alpha value is -2.90. The Balaban J connectivity index is 1.65. The van der Waals surface area contributed by atoms with Crippen LogP contribution in [0.2, 0.25) is 0 Å². The molecule has 0 unspecified atom stereocenters. The number of rotatable bonds is 5. The molecule has 2 fully saturated rings. The lowest BCUT2D eigenvalue weighted by molar-refractivity contribution is 0.0697. The van der Waals surface area contributed by atoms with Gasteiger partial charge in [0.2, 0.25) is 17.8 Å². The molecule has 0 atom stereocenters. The van der Waals surface area contributed by atoms with Crippen LogP contribution in [0.1, 0.15) is 36.0 Å². The largest absolute Gasteiger partial charge is 0.478 e. The van der Waals surface area contributed by atoms with E-state index in [0.717, 1.165) is 51.9 Å². The third kappa shape index (κ3) is 3.54. The summed E-state index contributed by atoms with van der Waals surface area (Å²) in [6.45, 7) is 3.82. The van der Waals surface area contributed by atoms with Crippen LogP contribution >= 0.6 is 0 Å². The second-order valence-electron chi connectivity index (χ2n) is 6.66. The molecule has 2 aliphatic rings. The zero-order valence-electron chi connectivity index (χ0n) is 14.6. The van der Waals surface area contributed by atoms with E-state index in [0.29, 0.717) is 23.5 Å². The number of nitrogens with one attached hydrogen (secondary N) is 1. The molecule has 1 aromatic heterocycles. The highest BCUT2D eigenvalue weighted by atomic mass is 16.4. The van der Waals surface area contributed by atoms with E-state index < -0.39 is 5.97 Å². The fourth-order valence-corrected chi connectivity index (χ4v) is 3.39. The van der Waals surface area contributed by atoms with Crippen molar-refractivity contribution >= 4 is 29.5 Å². The molecule has 2 aromatic rings. The zero-order chi connectivity index (χ0) is 17.9. The number of aromatic carboxylic acids is 1. The van der Waals surface area contributed by atoms with Gasteiger partial charge in [0.1, 0.15) is 0 Å². The lowest BCUT2D eigenvalue weighted by Gasteiger charge is -2.20. The molecule has 8 nitrogen and oxygen atoms in total. The number of carboxylic acid groups (broad SMARTS) is 1. The van der Waals surface area contributed by atoms with Crippen molar-refractivity contribution in [3.05, 3.63) is 29.8 Å². The van der Waals surface area contributed by atoms with Gasteiger partial charge in [-0.3, -0.25) is 0 Å². The van der Waals surface area contributed by atoms with Crippen LogP contribution in [0.3, 0.4) is 0 Å². The number of aromatic nitrogens is 3. The van der Waals surface area contributed by atoms with Crippen LogP contribution in [0.15, 0.2) is 24.3 Å². The highest BCUT2D eigenvalue weighted by molar-refractivity contribution is 5.89. The Morgan fingerprint density at radius 2 is 1.50 bits per heavy atom. The minimum Gasteiger partial charge on any atom is -0.478 e. The number of hydrogen-bond donors (Lipinski definition) is 2. The summed E-state index contributed by atoms with van der Waals surface area (Å²) in [5.41, 5.74) is 0.874.